The van der Waals surface area contributed by atoms with Gasteiger partial charge in [0, 0.05) is 34.3 Å². The summed E-state index contributed by atoms with van der Waals surface area (Å²) in [6.45, 7) is 1.97. The summed E-state index contributed by atoms with van der Waals surface area (Å²) in [5, 5.41) is 12.8. The van der Waals surface area contributed by atoms with Gasteiger partial charge in [-0.05, 0) is 48.7 Å². The number of amides is 1. The highest BCUT2D eigenvalue weighted by Crippen LogP contribution is 2.31. The summed E-state index contributed by atoms with van der Waals surface area (Å²) in [6, 6.07) is 21.5. The molecule has 1 heterocycles. The molecule has 0 aliphatic heterocycles. The molecule has 1 aromatic heterocycles. The lowest BCUT2D eigenvalue weighted by atomic mass is 9.93. The molecule has 5 nitrogen and oxygen atoms in total. The molecule has 0 radical (unpaired) electrons. The van der Waals surface area contributed by atoms with Crippen LogP contribution in [0.25, 0.3) is 22.2 Å². The van der Waals surface area contributed by atoms with E-state index in [9.17, 15) is 14.0 Å². The molecule has 35 heavy (non-hydrogen) atoms. The third-order valence-corrected chi connectivity index (χ3v) is 6.52. The van der Waals surface area contributed by atoms with Crippen LogP contribution in [0.15, 0.2) is 77.3 Å². The van der Waals surface area contributed by atoms with Crippen molar-refractivity contribution in [1.29, 1.82) is 0 Å². The fourth-order valence-electron chi connectivity index (χ4n) is 4.28. The van der Waals surface area contributed by atoms with Crippen LogP contribution < -0.4 is 5.32 Å². The highest BCUT2D eigenvalue weighted by molar-refractivity contribution is 9.10. The van der Waals surface area contributed by atoms with Gasteiger partial charge in [0.1, 0.15) is 5.82 Å². The summed E-state index contributed by atoms with van der Waals surface area (Å²) in [4.78, 5) is 29.6. The van der Waals surface area contributed by atoms with Gasteiger partial charge in [-0.25, -0.2) is 9.37 Å². The molecule has 4 rings (SSSR count). The SMILES string of the molecule is Cc1c(-c2ccccc2)nc2ccc(Br)cc2c1C(=O)NCC(CCC(=O)O)c1ccccc1F. The number of halogens is 2. The molecule has 1 amide bonds. The van der Waals surface area contributed by atoms with Crippen molar-refractivity contribution >= 4 is 38.7 Å². The normalized spacial score (nSPS) is 11.9. The second-order valence-corrected chi connectivity index (χ2v) is 9.26. The van der Waals surface area contributed by atoms with Gasteiger partial charge in [-0.2, -0.15) is 0 Å². The Kier molecular flexibility index (Phi) is 7.56. The molecule has 0 saturated heterocycles. The van der Waals surface area contributed by atoms with Crippen LogP contribution in [-0.2, 0) is 4.79 Å². The molecule has 0 aliphatic carbocycles. The number of aromatic nitrogens is 1. The Balaban J connectivity index is 1.71. The summed E-state index contributed by atoms with van der Waals surface area (Å²) >= 11 is 3.48. The minimum atomic E-state index is -0.967. The zero-order chi connectivity index (χ0) is 24.9. The van der Waals surface area contributed by atoms with Crippen molar-refractivity contribution in [2.75, 3.05) is 6.54 Å². The van der Waals surface area contributed by atoms with Crippen molar-refractivity contribution in [3.05, 3.63) is 99.8 Å². The third kappa shape index (κ3) is 5.57. The van der Waals surface area contributed by atoms with Crippen LogP contribution in [0.1, 0.15) is 40.2 Å². The maximum absolute atomic E-state index is 14.5. The number of nitrogens with zero attached hydrogens (tertiary/aromatic N) is 1. The molecule has 178 valence electrons. The van der Waals surface area contributed by atoms with E-state index in [1.165, 1.54) is 6.07 Å². The van der Waals surface area contributed by atoms with Crippen LogP contribution in [0.3, 0.4) is 0 Å². The van der Waals surface area contributed by atoms with Crippen molar-refractivity contribution in [2.45, 2.75) is 25.7 Å². The number of pyridine rings is 1. The first-order valence-corrected chi connectivity index (χ1v) is 12.0. The molecular weight excluding hydrogens is 511 g/mol. The Labute approximate surface area is 211 Å². The monoisotopic (exact) mass is 534 g/mol. The number of fused-ring (bicyclic) bond motifs is 1. The highest BCUT2D eigenvalue weighted by Gasteiger charge is 2.22. The fraction of sp³-hybridized carbons (Fsp3) is 0.179. The lowest BCUT2D eigenvalue weighted by molar-refractivity contribution is -0.137. The zero-order valence-electron chi connectivity index (χ0n) is 19.1. The molecule has 2 N–H and O–H groups in total. The highest BCUT2D eigenvalue weighted by atomic mass is 79.9. The first kappa shape index (κ1) is 24.5. The van der Waals surface area contributed by atoms with Gasteiger partial charge in [0.15, 0.2) is 0 Å². The molecule has 3 aromatic carbocycles. The van der Waals surface area contributed by atoms with Crippen LogP contribution in [0, 0.1) is 12.7 Å². The van der Waals surface area contributed by atoms with Gasteiger partial charge >= 0.3 is 5.97 Å². The lowest BCUT2D eigenvalue weighted by Gasteiger charge is -2.20. The third-order valence-electron chi connectivity index (χ3n) is 6.03. The summed E-state index contributed by atoms with van der Waals surface area (Å²) in [5.74, 6) is -2.18. The molecule has 4 aromatic rings. The summed E-state index contributed by atoms with van der Waals surface area (Å²) in [7, 11) is 0. The number of hydrogen-bond acceptors (Lipinski definition) is 3. The van der Waals surface area contributed by atoms with E-state index in [2.05, 4.69) is 21.2 Å². The Morgan fingerprint density at radius 1 is 1.06 bits per heavy atom. The van der Waals surface area contributed by atoms with E-state index in [-0.39, 0.29) is 25.3 Å². The number of aliphatic carboxylic acids is 1. The van der Waals surface area contributed by atoms with E-state index in [4.69, 9.17) is 10.1 Å². The standard InChI is InChI=1S/C28H24BrFN2O3/c1-17-26(22-15-20(29)12-13-24(22)32-27(17)18-7-3-2-4-8-18)28(35)31-16-19(11-14-25(33)34)21-9-5-6-10-23(21)30/h2-10,12-13,15,19H,11,14,16H2,1H3,(H,31,35)(H,33,34). The van der Waals surface area contributed by atoms with Crippen LogP contribution in [-0.4, -0.2) is 28.5 Å². The van der Waals surface area contributed by atoms with Gasteiger partial charge in [0.05, 0.1) is 16.8 Å². The Morgan fingerprint density at radius 2 is 1.77 bits per heavy atom. The predicted octanol–water partition coefficient (Wildman–Crippen LogP) is 6.49. The number of hydrogen-bond donors (Lipinski definition) is 2. The number of benzene rings is 3. The average Bonchev–Trinajstić information content (AvgIpc) is 2.84. The van der Waals surface area contributed by atoms with Crippen molar-refractivity contribution < 1.29 is 19.1 Å². The van der Waals surface area contributed by atoms with Crippen molar-refractivity contribution in [2.24, 2.45) is 0 Å². The topological polar surface area (TPSA) is 79.3 Å². The number of carbonyl (C=O) groups excluding carboxylic acids is 1. The van der Waals surface area contributed by atoms with Gasteiger partial charge in [-0.1, -0.05) is 64.5 Å². The minimum Gasteiger partial charge on any atom is -0.481 e. The average molecular weight is 535 g/mol. The molecule has 0 bridgehead atoms. The Hall–Kier alpha value is -3.58. The summed E-state index contributed by atoms with van der Waals surface area (Å²) in [5.41, 5.74) is 3.89. The number of carboxylic acid groups (broad SMARTS) is 1. The van der Waals surface area contributed by atoms with E-state index in [1.807, 2.05) is 55.5 Å². The maximum atomic E-state index is 14.5. The number of nitrogens with one attached hydrogen (secondary N) is 1. The quantitative estimate of drug-likeness (QED) is 0.270. The lowest BCUT2D eigenvalue weighted by Crippen LogP contribution is -2.30. The van der Waals surface area contributed by atoms with Crippen LogP contribution in [0.5, 0.6) is 0 Å². The first-order valence-electron chi connectivity index (χ1n) is 11.2. The fourth-order valence-corrected chi connectivity index (χ4v) is 4.64. The predicted molar refractivity (Wildman–Crippen MR) is 138 cm³/mol. The number of carbonyl (C=O) groups is 2. The second-order valence-electron chi connectivity index (χ2n) is 8.35. The largest absolute Gasteiger partial charge is 0.481 e. The second kappa shape index (κ2) is 10.8. The van der Waals surface area contributed by atoms with Crippen LogP contribution in [0.4, 0.5) is 4.39 Å². The molecular formula is C28H24BrFN2O3. The van der Waals surface area contributed by atoms with Crippen LogP contribution in [0.2, 0.25) is 0 Å². The van der Waals surface area contributed by atoms with Gasteiger partial charge in [0.25, 0.3) is 5.91 Å². The first-order chi connectivity index (χ1) is 16.8. The van der Waals surface area contributed by atoms with E-state index >= 15 is 0 Å². The number of carboxylic acids is 1. The molecule has 0 aliphatic rings. The molecule has 7 heteroatoms. The number of rotatable bonds is 8. The summed E-state index contributed by atoms with van der Waals surface area (Å²) in [6.07, 6.45) is 0.0740. The van der Waals surface area contributed by atoms with Crippen molar-refractivity contribution in [3.8, 4) is 11.3 Å². The van der Waals surface area contributed by atoms with Crippen molar-refractivity contribution in [3.63, 3.8) is 0 Å². The molecule has 1 unspecified atom stereocenters. The minimum absolute atomic E-state index is 0.102. The Morgan fingerprint density at radius 3 is 2.49 bits per heavy atom. The van der Waals surface area contributed by atoms with Gasteiger partial charge < -0.3 is 10.4 Å². The van der Waals surface area contributed by atoms with E-state index in [1.54, 1.807) is 18.2 Å². The molecule has 1 atom stereocenters. The van der Waals surface area contributed by atoms with E-state index in [0.29, 0.717) is 27.7 Å². The molecule has 0 saturated carbocycles. The summed E-state index contributed by atoms with van der Waals surface area (Å²) < 4.78 is 15.3. The van der Waals surface area contributed by atoms with E-state index in [0.717, 1.165) is 15.6 Å². The zero-order valence-corrected chi connectivity index (χ0v) is 20.7. The molecule has 0 fully saturated rings. The van der Waals surface area contributed by atoms with E-state index < -0.39 is 17.7 Å². The Bertz CT molecular complexity index is 1390. The van der Waals surface area contributed by atoms with Crippen LogP contribution >= 0.6 is 15.9 Å². The van der Waals surface area contributed by atoms with Gasteiger partial charge in [0.2, 0.25) is 0 Å². The molecule has 0 spiro atoms. The van der Waals surface area contributed by atoms with Gasteiger partial charge in [-0.15, -0.1) is 0 Å². The van der Waals surface area contributed by atoms with Gasteiger partial charge in [-0.3, -0.25) is 9.59 Å². The smallest absolute Gasteiger partial charge is 0.303 e. The van der Waals surface area contributed by atoms with Crippen molar-refractivity contribution in [1.82, 2.24) is 10.3 Å². The maximum Gasteiger partial charge on any atom is 0.303 e.